The number of ether oxygens (including phenoxy) is 2. The second-order valence-electron chi connectivity index (χ2n) is 6.18. The highest BCUT2D eigenvalue weighted by Gasteiger charge is 2.24. The van der Waals surface area contributed by atoms with E-state index in [-0.39, 0.29) is 5.16 Å². The summed E-state index contributed by atoms with van der Waals surface area (Å²) >= 11 is 0. The molecule has 0 saturated heterocycles. The molecule has 0 fully saturated rings. The van der Waals surface area contributed by atoms with Crippen molar-refractivity contribution in [3.63, 3.8) is 0 Å². The summed E-state index contributed by atoms with van der Waals surface area (Å²) in [6.45, 7) is 1.63. The second kappa shape index (κ2) is 7.08. The molecular formula is C17H21N3O5S. The summed E-state index contributed by atoms with van der Waals surface area (Å²) in [5.41, 5.74) is 1.60. The molecule has 8 nitrogen and oxygen atoms in total. The number of fused-ring (bicyclic) bond motifs is 1. The van der Waals surface area contributed by atoms with Crippen molar-refractivity contribution in [1.29, 1.82) is 0 Å². The normalized spacial score (nSPS) is 14.7. The van der Waals surface area contributed by atoms with E-state index in [9.17, 15) is 13.2 Å². The smallest absolute Gasteiger partial charge is 0.256 e. The van der Waals surface area contributed by atoms with Crippen LogP contribution in [0.3, 0.4) is 0 Å². The number of H-pyrrole nitrogens is 1. The quantitative estimate of drug-likeness (QED) is 0.765. The lowest BCUT2D eigenvalue weighted by atomic mass is 10.1. The molecule has 0 atom stereocenters. The van der Waals surface area contributed by atoms with Gasteiger partial charge in [-0.2, -0.15) is 0 Å². The summed E-state index contributed by atoms with van der Waals surface area (Å²) in [6, 6.07) is 5.67. The minimum absolute atomic E-state index is 0.274. The van der Waals surface area contributed by atoms with Crippen LogP contribution >= 0.6 is 0 Å². The average Bonchev–Trinajstić information content (AvgIpc) is 2.61. The van der Waals surface area contributed by atoms with E-state index in [1.807, 2.05) is 18.2 Å². The van der Waals surface area contributed by atoms with Crippen LogP contribution < -0.4 is 15.0 Å². The van der Waals surface area contributed by atoms with Gasteiger partial charge in [0.2, 0.25) is 15.0 Å². The van der Waals surface area contributed by atoms with E-state index in [4.69, 9.17) is 9.47 Å². The fourth-order valence-corrected chi connectivity index (χ4v) is 3.64. The van der Waals surface area contributed by atoms with Gasteiger partial charge in [0.25, 0.3) is 5.56 Å². The molecule has 0 radical (unpaired) electrons. The molecule has 2 aromatic rings. The van der Waals surface area contributed by atoms with Crippen molar-refractivity contribution in [3.05, 3.63) is 45.4 Å². The summed E-state index contributed by atoms with van der Waals surface area (Å²) in [5.74, 6) is 1.32. The van der Waals surface area contributed by atoms with Crippen LogP contribution in [0.15, 0.2) is 28.2 Å². The highest BCUT2D eigenvalue weighted by Crippen LogP contribution is 2.32. The van der Waals surface area contributed by atoms with Crippen molar-refractivity contribution >= 4 is 9.84 Å². The van der Waals surface area contributed by atoms with Gasteiger partial charge in [-0.05, 0) is 6.07 Å². The van der Waals surface area contributed by atoms with Crippen LogP contribution in [0, 0.1) is 0 Å². The maximum atomic E-state index is 12.3. The third kappa shape index (κ3) is 3.58. The zero-order valence-corrected chi connectivity index (χ0v) is 15.7. The number of sulfone groups is 1. The molecule has 0 unspecified atom stereocenters. The number of benzene rings is 1. The molecule has 9 heteroatoms. The van der Waals surface area contributed by atoms with Gasteiger partial charge < -0.3 is 9.47 Å². The standard InChI is InChI=1S/C17H21N3O5S/c1-24-14-6-4-5-11(15(14)25-2)9-20-8-7-13-12(10-20)16(21)19-17(18-13)26(3,22)23/h4-6H,7-10H2,1-3H3,(H,18,19,21). The molecule has 0 saturated carbocycles. The van der Waals surface area contributed by atoms with Crippen LogP contribution in [0.25, 0.3) is 0 Å². The second-order valence-corrected chi connectivity index (χ2v) is 8.11. The van der Waals surface area contributed by atoms with E-state index >= 15 is 0 Å². The Morgan fingerprint density at radius 2 is 2.04 bits per heavy atom. The minimum Gasteiger partial charge on any atom is -0.493 e. The first kappa shape index (κ1) is 18.4. The Kier molecular flexibility index (Phi) is 5.01. The predicted molar refractivity (Wildman–Crippen MR) is 95.3 cm³/mol. The first-order chi connectivity index (χ1) is 12.3. The van der Waals surface area contributed by atoms with Gasteiger partial charge in [0, 0.05) is 37.9 Å². The summed E-state index contributed by atoms with van der Waals surface area (Å²) in [6.07, 6.45) is 1.54. The molecule has 26 heavy (non-hydrogen) atoms. The number of rotatable bonds is 5. The number of hydrogen-bond acceptors (Lipinski definition) is 7. The van der Waals surface area contributed by atoms with E-state index < -0.39 is 15.4 Å². The average molecular weight is 379 g/mol. The number of hydrogen-bond donors (Lipinski definition) is 1. The van der Waals surface area contributed by atoms with E-state index in [1.54, 1.807) is 14.2 Å². The highest BCUT2D eigenvalue weighted by molar-refractivity contribution is 7.90. The molecule has 2 heterocycles. The van der Waals surface area contributed by atoms with E-state index in [1.165, 1.54) is 0 Å². The van der Waals surface area contributed by atoms with Gasteiger partial charge in [0.05, 0.1) is 25.5 Å². The lowest BCUT2D eigenvalue weighted by Gasteiger charge is -2.28. The summed E-state index contributed by atoms with van der Waals surface area (Å²) in [7, 11) is -0.370. The minimum atomic E-state index is -3.55. The first-order valence-electron chi connectivity index (χ1n) is 8.08. The Bertz CT molecular complexity index is 984. The van der Waals surface area contributed by atoms with Crippen LogP contribution in [0.4, 0.5) is 0 Å². The molecule has 1 N–H and O–H groups in total. The van der Waals surface area contributed by atoms with Crippen molar-refractivity contribution in [1.82, 2.24) is 14.9 Å². The maximum absolute atomic E-state index is 12.3. The van der Waals surface area contributed by atoms with E-state index in [0.717, 1.165) is 11.8 Å². The van der Waals surface area contributed by atoms with Crippen LogP contribution in [0.2, 0.25) is 0 Å². The Labute approximate surface area is 151 Å². The molecule has 3 rings (SSSR count). The van der Waals surface area contributed by atoms with Crippen molar-refractivity contribution < 1.29 is 17.9 Å². The third-order valence-corrected chi connectivity index (χ3v) is 5.25. The number of aromatic amines is 1. The largest absolute Gasteiger partial charge is 0.493 e. The molecule has 0 amide bonds. The van der Waals surface area contributed by atoms with E-state index in [0.29, 0.717) is 48.8 Å². The topological polar surface area (TPSA) is 102 Å². The molecule has 0 aliphatic carbocycles. The number of nitrogens with zero attached hydrogens (tertiary/aromatic N) is 2. The van der Waals surface area contributed by atoms with Crippen molar-refractivity contribution in [2.45, 2.75) is 24.7 Å². The number of nitrogens with one attached hydrogen (secondary N) is 1. The lowest BCUT2D eigenvalue weighted by Crippen LogP contribution is -2.36. The monoisotopic (exact) mass is 379 g/mol. The zero-order chi connectivity index (χ0) is 18.9. The van der Waals surface area contributed by atoms with Crippen molar-refractivity contribution in [2.24, 2.45) is 0 Å². The van der Waals surface area contributed by atoms with Crippen LogP contribution in [0.1, 0.15) is 16.8 Å². The first-order valence-corrected chi connectivity index (χ1v) is 9.97. The van der Waals surface area contributed by atoms with Gasteiger partial charge in [0.15, 0.2) is 11.5 Å². The summed E-state index contributed by atoms with van der Waals surface area (Å²) < 4.78 is 34.1. The van der Waals surface area contributed by atoms with Gasteiger partial charge >= 0.3 is 0 Å². The maximum Gasteiger partial charge on any atom is 0.256 e. The molecule has 0 bridgehead atoms. The van der Waals surface area contributed by atoms with Gasteiger partial charge in [-0.3, -0.25) is 14.7 Å². The molecule has 1 aliphatic heterocycles. The molecule has 140 valence electrons. The molecule has 1 aromatic heterocycles. The Morgan fingerprint density at radius 3 is 2.69 bits per heavy atom. The van der Waals surface area contributed by atoms with Crippen LogP contribution in [-0.2, 0) is 29.3 Å². The fraction of sp³-hybridized carbons (Fsp3) is 0.412. The fourth-order valence-electron chi connectivity index (χ4n) is 3.09. The Hall–Kier alpha value is -2.39. The zero-order valence-electron chi connectivity index (χ0n) is 14.9. The van der Waals surface area contributed by atoms with Gasteiger partial charge in [-0.25, -0.2) is 13.4 Å². The summed E-state index contributed by atoms with van der Waals surface area (Å²) in [4.78, 5) is 20.9. The Morgan fingerprint density at radius 1 is 1.27 bits per heavy atom. The highest BCUT2D eigenvalue weighted by atomic mass is 32.2. The third-order valence-electron chi connectivity index (χ3n) is 4.36. The molecule has 1 aromatic carbocycles. The number of methoxy groups -OCH3 is 2. The van der Waals surface area contributed by atoms with E-state index in [2.05, 4.69) is 14.9 Å². The summed E-state index contributed by atoms with van der Waals surface area (Å²) in [5, 5.41) is -0.274. The predicted octanol–water partition coefficient (Wildman–Crippen LogP) is 0.749. The molecule has 0 spiro atoms. The van der Waals surface area contributed by atoms with Crippen molar-refractivity contribution in [3.8, 4) is 11.5 Å². The van der Waals surface area contributed by atoms with Gasteiger partial charge in [0.1, 0.15) is 0 Å². The van der Waals surface area contributed by atoms with Crippen molar-refractivity contribution in [2.75, 3.05) is 27.0 Å². The number of para-hydroxylation sites is 1. The lowest BCUT2D eigenvalue weighted by molar-refractivity contribution is 0.236. The Balaban J connectivity index is 1.87. The SMILES string of the molecule is COc1cccc(CN2CCc3nc(S(C)(=O)=O)[nH]c(=O)c3C2)c1OC. The molecule has 1 aliphatic rings. The number of aromatic nitrogens is 2. The van der Waals surface area contributed by atoms with Crippen LogP contribution in [0.5, 0.6) is 11.5 Å². The molecular weight excluding hydrogens is 358 g/mol. The van der Waals surface area contributed by atoms with Gasteiger partial charge in [-0.1, -0.05) is 12.1 Å². The van der Waals surface area contributed by atoms with Gasteiger partial charge in [-0.15, -0.1) is 0 Å². The van der Waals surface area contributed by atoms with Crippen LogP contribution in [-0.4, -0.2) is 50.3 Å².